The molecule has 1 aromatic rings. The lowest BCUT2D eigenvalue weighted by atomic mass is 9.76. The topological polar surface area (TPSA) is 31.0 Å². The van der Waals surface area contributed by atoms with Crippen molar-refractivity contribution in [2.75, 3.05) is 26.9 Å². The molecular weight excluding hydrogens is 240 g/mol. The Bertz CT molecular complexity index is 377. The van der Waals surface area contributed by atoms with Crippen LogP contribution in [0.5, 0.6) is 5.75 Å². The Kier molecular flexibility index (Phi) is 4.83. The van der Waals surface area contributed by atoms with E-state index in [2.05, 4.69) is 26.0 Å². The van der Waals surface area contributed by atoms with Crippen LogP contribution in [-0.4, -0.2) is 33.0 Å². The molecule has 0 radical (unpaired) electrons. The summed E-state index contributed by atoms with van der Waals surface area (Å²) in [5, 5.41) is 0. The SMILES string of the molecule is CCC(CC)(COC)c1ccc(OCC2CO2)cc1. The second kappa shape index (κ2) is 6.40. The van der Waals surface area contributed by atoms with Crippen molar-refractivity contribution in [1.29, 1.82) is 0 Å². The molecule has 0 aliphatic carbocycles. The minimum atomic E-state index is 0.118. The second-order valence-corrected chi connectivity index (χ2v) is 5.21. The molecule has 106 valence electrons. The number of hydrogen-bond acceptors (Lipinski definition) is 3. The highest BCUT2D eigenvalue weighted by Crippen LogP contribution is 2.33. The lowest BCUT2D eigenvalue weighted by molar-refractivity contribution is 0.123. The maximum absolute atomic E-state index is 5.67. The molecule has 1 aliphatic heterocycles. The zero-order valence-corrected chi connectivity index (χ0v) is 12.1. The fourth-order valence-electron chi connectivity index (χ4n) is 2.48. The summed E-state index contributed by atoms with van der Waals surface area (Å²) in [5.74, 6) is 0.915. The summed E-state index contributed by atoms with van der Waals surface area (Å²) < 4.78 is 16.2. The molecule has 1 atom stereocenters. The van der Waals surface area contributed by atoms with Gasteiger partial charge < -0.3 is 14.2 Å². The van der Waals surface area contributed by atoms with Crippen molar-refractivity contribution < 1.29 is 14.2 Å². The van der Waals surface area contributed by atoms with Gasteiger partial charge in [-0.25, -0.2) is 0 Å². The lowest BCUT2D eigenvalue weighted by Crippen LogP contribution is -2.30. The van der Waals surface area contributed by atoms with Crippen LogP contribution in [0.4, 0.5) is 0 Å². The first-order valence-corrected chi connectivity index (χ1v) is 7.08. The van der Waals surface area contributed by atoms with Gasteiger partial charge in [-0.05, 0) is 30.5 Å². The highest BCUT2D eigenvalue weighted by atomic mass is 16.6. The van der Waals surface area contributed by atoms with Crippen LogP contribution in [0.1, 0.15) is 32.3 Å². The van der Waals surface area contributed by atoms with E-state index < -0.39 is 0 Å². The number of ether oxygens (including phenoxy) is 3. The Balaban J connectivity index is 2.05. The molecule has 1 aliphatic rings. The van der Waals surface area contributed by atoms with Gasteiger partial charge in [-0.1, -0.05) is 26.0 Å². The van der Waals surface area contributed by atoms with Crippen LogP contribution in [0.3, 0.4) is 0 Å². The normalized spacial score (nSPS) is 18.4. The van der Waals surface area contributed by atoms with Gasteiger partial charge in [-0.2, -0.15) is 0 Å². The van der Waals surface area contributed by atoms with E-state index in [1.807, 2.05) is 12.1 Å². The lowest BCUT2D eigenvalue weighted by Gasteiger charge is -2.31. The molecule has 19 heavy (non-hydrogen) atoms. The van der Waals surface area contributed by atoms with E-state index in [0.717, 1.165) is 31.8 Å². The van der Waals surface area contributed by atoms with Crippen molar-refractivity contribution in [3.05, 3.63) is 29.8 Å². The zero-order chi connectivity index (χ0) is 13.7. The number of methoxy groups -OCH3 is 1. The molecule has 0 aromatic heterocycles. The largest absolute Gasteiger partial charge is 0.491 e. The van der Waals surface area contributed by atoms with E-state index in [1.165, 1.54) is 5.56 Å². The van der Waals surface area contributed by atoms with Gasteiger partial charge in [0.15, 0.2) is 0 Å². The first-order chi connectivity index (χ1) is 9.24. The third-order valence-corrected chi connectivity index (χ3v) is 4.08. The predicted molar refractivity (Wildman–Crippen MR) is 75.8 cm³/mol. The fraction of sp³-hybridized carbons (Fsp3) is 0.625. The van der Waals surface area contributed by atoms with Gasteiger partial charge in [0.25, 0.3) is 0 Å². The van der Waals surface area contributed by atoms with Crippen LogP contribution in [-0.2, 0) is 14.9 Å². The minimum absolute atomic E-state index is 0.118. The van der Waals surface area contributed by atoms with Gasteiger partial charge in [0.2, 0.25) is 0 Å². The van der Waals surface area contributed by atoms with Crippen LogP contribution in [0, 0.1) is 0 Å². The van der Waals surface area contributed by atoms with Crippen molar-refractivity contribution in [3.8, 4) is 5.75 Å². The van der Waals surface area contributed by atoms with Crippen molar-refractivity contribution in [3.63, 3.8) is 0 Å². The van der Waals surface area contributed by atoms with E-state index in [0.29, 0.717) is 12.7 Å². The highest BCUT2D eigenvalue weighted by Gasteiger charge is 2.28. The summed E-state index contributed by atoms with van der Waals surface area (Å²) in [5.41, 5.74) is 1.45. The molecule has 3 heteroatoms. The molecule has 1 fully saturated rings. The maximum atomic E-state index is 5.67. The molecule has 1 unspecified atom stereocenters. The van der Waals surface area contributed by atoms with Gasteiger partial charge >= 0.3 is 0 Å². The van der Waals surface area contributed by atoms with E-state index in [9.17, 15) is 0 Å². The molecule has 1 aromatic carbocycles. The number of rotatable bonds is 8. The number of hydrogen-bond donors (Lipinski definition) is 0. The molecule has 2 rings (SSSR count). The summed E-state index contributed by atoms with van der Waals surface area (Å²) in [6.07, 6.45) is 2.46. The average Bonchev–Trinajstić information content (AvgIpc) is 3.28. The number of epoxide rings is 1. The van der Waals surface area contributed by atoms with Crippen molar-refractivity contribution in [2.45, 2.75) is 38.2 Å². The molecule has 1 heterocycles. The summed E-state index contributed by atoms with van der Waals surface area (Å²) >= 11 is 0. The standard InChI is InChI=1S/C16H24O3/c1-4-16(5-2,12-17-3)13-6-8-14(9-7-13)18-10-15-11-19-15/h6-9,15H,4-5,10-12H2,1-3H3. The monoisotopic (exact) mass is 264 g/mol. The van der Waals surface area contributed by atoms with Gasteiger partial charge in [0.1, 0.15) is 18.5 Å². The summed E-state index contributed by atoms with van der Waals surface area (Å²) in [7, 11) is 1.77. The van der Waals surface area contributed by atoms with Crippen molar-refractivity contribution >= 4 is 0 Å². The molecule has 0 amide bonds. The van der Waals surface area contributed by atoms with Gasteiger partial charge in [-0.15, -0.1) is 0 Å². The van der Waals surface area contributed by atoms with E-state index in [4.69, 9.17) is 14.2 Å². The Hall–Kier alpha value is -1.06. The summed E-state index contributed by atoms with van der Waals surface area (Å²) in [4.78, 5) is 0. The smallest absolute Gasteiger partial charge is 0.119 e. The highest BCUT2D eigenvalue weighted by molar-refractivity contribution is 5.32. The van der Waals surface area contributed by atoms with Crippen LogP contribution in [0.2, 0.25) is 0 Å². The molecular formula is C16H24O3. The molecule has 3 nitrogen and oxygen atoms in total. The van der Waals surface area contributed by atoms with E-state index >= 15 is 0 Å². The Labute approximate surface area is 115 Å². The van der Waals surface area contributed by atoms with Gasteiger partial charge in [0, 0.05) is 12.5 Å². The van der Waals surface area contributed by atoms with Crippen LogP contribution < -0.4 is 4.74 Å². The average molecular weight is 264 g/mol. The summed E-state index contributed by atoms with van der Waals surface area (Å²) in [6.45, 7) is 6.69. The van der Waals surface area contributed by atoms with E-state index in [1.54, 1.807) is 7.11 Å². The third kappa shape index (κ3) is 3.48. The minimum Gasteiger partial charge on any atom is -0.491 e. The second-order valence-electron chi connectivity index (χ2n) is 5.21. The van der Waals surface area contributed by atoms with Gasteiger partial charge in [0.05, 0.1) is 13.2 Å². The van der Waals surface area contributed by atoms with Crippen LogP contribution >= 0.6 is 0 Å². The summed E-state index contributed by atoms with van der Waals surface area (Å²) in [6, 6.07) is 8.42. The molecule has 0 spiro atoms. The number of benzene rings is 1. The molecule has 0 bridgehead atoms. The van der Waals surface area contributed by atoms with E-state index in [-0.39, 0.29) is 5.41 Å². The first kappa shape index (κ1) is 14.4. The third-order valence-electron chi connectivity index (χ3n) is 4.08. The Morgan fingerprint density at radius 3 is 2.32 bits per heavy atom. The molecule has 0 N–H and O–H groups in total. The van der Waals surface area contributed by atoms with Crippen LogP contribution in [0.15, 0.2) is 24.3 Å². The first-order valence-electron chi connectivity index (χ1n) is 7.08. The predicted octanol–water partition coefficient (Wildman–Crippen LogP) is 3.17. The maximum Gasteiger partial charge on any atom is 0.119 e. The zero-order valence-electron chi connectivity index (χ0n) is 12.1. The Morgan fingerprint density at radius 1 is 1.21 bits per heavy atom. The van der Waals surface area contributed by atoms with Gasteiger partial charge in [-0.3, -0.25) is 0 Å². The van der Waals surface area contributed by atoms with Crippen LogP contribution in [0.25, 0.3) is 0 Å². The van der Waals surface area contributed by atoms with Crippen molar-refractivity contribution in [1.82, 2.24) is 0 Å². The molecule has 0 saturated carbocycles. The Morgan fingerprint density at radius 2 is 1.84 bits per heavy atom. The quantitative estimate of drug-likeness (QED) is 0.676. The van der Waals surface area contributed by atoms with Crippen molar-refractivity contribution in [2.24, 2.45) is 0 Å². The molecule has 1 saturated heterocycles. The fourth-order valence-corrected chi connectivity index (χ4v) is 2.48.